The quantitative estimate of drug-likeness (QED) is 0.908. The van der Waals surface area contributed by atoms with Crippen LogP contribution in [0.3, 0.4) is 0 Å². The van der Waals surface area contributed by atoms with Gasteiger partial charge in [0.1, 0.15) is 0 Å². The minimum Gasteiger partial charge on any atom is -0.330 e. The van der Waals surface area contributed by atoms with E-state index in [-0.39, 0.29) is 0 Å². The number of aromatic nitrogens is 1. The van der Waals surface area contributed by atoms with E-state index in [2.05, 4.69) is 17.1 Å². The summed E-state index contributed by atoms with van der Waals surface area (Å²) < 4.78 is 0. The number of pyridine rings is 1. The third-order valence-corrected chi connectivity index (χ3v) is 6.31. The Morgan fingerprint density at radius 3 is 2.30 bits per heavy atom. The molecule has 0 aliphatic heterocycles. The van der Waals surface area contributed by atoms with Gasteiger partial charge in [-0.25, -0.2) is 0 Å². The van der Waals surface area contributed by atoms with E-state index < -0.39 is 0 Å². The van der Waals surface area contributed by atoms with Crippen molar-refractivity contribution in [1.82, 2.24) is 4.98 Å². The van der Waals surface area contributed by atoms with Crippen molar-refractivity contribution in [1.29, 1.82) is 0 Å². The van der Waals surface area contributed by atoms with E-state index in [1.807, 2.05) is 12.3 Å². The van der Waals surface area contributed by atoms with E-state index >= 15 is 0 Å². The molecule has 108 valence electrons. The molecule has 0 aromatic carbocycles. The molecule has 1 atom stereocenters. The van der Waals surface area contributed by atoms with Crippen molar-refractivity contribution in [3.8, 4) is 0 Å². The summed E-state index contributed by atoms with van der Waals surface area (Å²) in [5.41, 5.74) is 7.23. The number of hydrogen-bond donors (Lipinski definition) is 1. The SMILES string of the molecule is NCCC(c1ccccn1)C1C2CC3CC(C2)CC1C3. The topological polar surface area (TPSA) is 38.9 Å². The third-order valence-electron chi connectivity index (χ3n) is 6.31. The second-order valence-electron chi connectivity index (χ2n) is 7.45. The first kappa shape index (κ1) is 12.8. The van der Waals surface area contributed by atoms with Gasteiger partial charge in [-0.15, -0.1) is 0 Å². The lowest BCUT2D eigenvalue weighted by Gasteiger charge is -2.56. The van der Waals surface area contributed by atoms with Crippen LogP contribution in [0.5, 0.6) is 0 Å². The van der Waals surface area contributed by atoms with Gasteiger partial charge in [-0.1, -0.05) is 6.07 Å². The Morgan fingerprint density at radius 1 is 1.05 bits per heavy atom. The second-order valence-corrected chi connectivity index (χ2v) is 7.45. The minimum atomic E-state index is 0.608. The van der Waals surface area contributed by atoms with Crippen LogP contribution in [0.15, 0.2) is 24.4 Å². The minimum absolute atomic E-state index is 0.608. The van der Waals surface area contributed by atoms with Crippen LogP contribution in [0, 0.1) is 29.6 Å². The fourth-order valence-electron chi connectivity index (χ4n) is 5.94. The summed E-state index contributed by atoms with van der Waals surface area (Å²) in [4.78, 5) is 4.67. The number of hydrogen-bond acceptors (Lipinski definition) is 2. The Kier molecular flexibility index (Phi) is 3.30. The van der Waals surface area contributed by atoms with Crippen molar-refractivity contribution in [2.75, 3.05) is 6.54 Å². The van der Waals surface area contributed by atoms with Crippen LogP contribution in [0.4, 0.5) is 0 Å². The fraction of sp³-hybridized carbons (Fsp3) is 0.722. The molecule has 0 radical (unpaired) electrons. The standard InChI is InChI=1S/C18H26N2/c19-5-4-16(17-3-1-2-6-20-17)18-14-8-12-7-13(10-14)11-15(18)9-12/h1-3,6,12-16,18H,4-5,7-11,19H2. The average Bonchev–Trinajstić information content (AvgIpc) is 2.46. The lowest BCUT2D eigenvalue weighted by molar-refractivity contribution is -0.0491. The monoisotopic (exact) mass is 270 g/mol. The molecule has 1 aromatic heterocycles. The molecule has 0 saturated heterocycles. The van der Waals surface area contributed by atoms with E-state index in [1.54, 1.807) is 0 Å². The first-order chi connectivity index (χ1) is 9.85. The van der Waals surface area contributed by atoms with E-state index in [0.717, 1.165) is 42.6 Å². The average molecular weight is 270 g/mol. The molecule has 2 N–H and O–H groups in total. The first-order valence-corrected chi connectivity index (χ1v) is 8.46. The summed E-state index contributed by atoms with van der Waals surface area (Å²) in [6.45, 7) is 0.796. The van der Waals surface area contributed by atoms with Crippen LogP contribution in [0.1, 0.15) is 50.1 Å². The van der Waals surface area contributed by atoms with Crippen LogP contribution in [0.2, 0.25) is 0 Å². The number of nitrogens with zero attached hydrogens (tertiary/aromatic N) is 1. The van der Waals surface area contributed by atoms with Gasteiger partial charge in [0.15, 0.2) is 0 Å². The van der Waals surface area contributed by atoms with Gasteiger partial charge in [-0.05, 0) is 86.8 Å². The van der Waals surface area contributed by atoms with E-state index in [1.165, 1.54) is 37.8 Å². The lowest BCUT2D eigenvalue weighted by atomic mass is 9.49. The second kappa shape index (κ2) is 5.14. The predicted octanol–water partition coefficient (Wildman–Crippen LogP) is 3.59. The highest BCUT2D eigenvalue weighted by molar-refractivity contribution is 5.14. The van der Waals surface area contributed by atoms with Gasteiger partial charge in [0.05, 0.1) is 0 Å². The van der Waals surface area contributed by atoms with E-state index in [4.69, 9.17) is 5.73 Å². The van der Waals surface area contributed by atoms with Crippen molar-refractivity contribution in [3.63, 3.8) is 0 Å². The smallest absolute Gasteiger partial charge is 0.0437 e. The zero-order valence-corrected chi connectivity index (χ0v) is 12.2. The highest BCUT2D eigenvalue weighted by atomic mass is 14.7. The van der Waals surface area contributed by atoms with Crippen molar-refractivity contribution in [2.24, 2.45) is 35.3 Å². The Bertz CT molecular complexity index is 428. The number of nitrogens with two attached hydrogens (primary N) is 1. The molecule has 4 aliphatic rings. The summed E-state index contributed by atoms with van der Waals surface area (Å²) >= 11 is 0. The van der Waals surface area contributed by atoms with Crippen LogP contribution in [-0.2, 0) is 0 Å². The van der Waals surface area contributed by atoms with Crippen molar-refractivity contribution in [2.45, 2.75) is 44.4 Å². The highest BCUT2D eigenvalue weighted by Gasteiger charge is 2.50. The Hall–Kier alpha value is -0.890. The molecule has 5 rings (SSSR count). The Morgan fingerprint density at radius 2 is 1.75 bits per heavy atom. The van der Waals surface area contributed by atoms with Gasteiger partial charge >= 0.3 is 0 Å². The Labute approximate surface area is 122 Å². The normalized spacial score (nSPS) is 40.0. The molecule has 1 unspecified atom stereocenters. The van der Waals surface area contributed by atoms with Crippen molar-refractivity contribution < 1.29 is 0 Å². The van der Waals surface area contributed by atoms with Crippen LogP contribution < -0.4 is 5.73 Å². The summed E-state index contributed by atoms with van der Waals surface area (Å²) in [5, 5.41) is 0. The first-order valence-electron chi connectivity index (χ1n) is 8.46. The molecule has 4 fully saturated rings. The molecule has 1 aromatic rings. The summed E-state index contributed by atoms with van der Waals surface area (Å²) in [6, 6.07) is 6.40. The predicted molar refractivity (Wildman–Crippen MR) is 81.2 cm³/mol. The fourth-order valence-corrected chi connectivity index (χ4v) is 5.94. The molecule has 4 saturated carbocycles. The molecule has 2 heteroatoms. The zero-order chi connectivity index (χ0) is 13.5. The van der Waals surface area contributed by atoms with Gasteiger partial charge < -0.3 is 5.73 Å². The molecular formula is C18H26N2. The molecular weight excluding hydrogens is 244 g/mol. The third kappa shape index (κ3) is 2.09. The van der Waals surface area contributed by atoms with Gasteiger partial charge in [0.2, 0.25) is 0 Å². The van der Waals surface area contributed by atoms with Crippen LogP contribution in [-0.4, -0.2) is 11.5 Å². The highest BCUT2D eigenvalue weighted by Crippen LogP contribution is 2.60. The summed E-state index contributed by atoms with van der Waals surface area (Å²) in [5.74, 6) is 5.50. The van der Waals surface area contributed by atoms with Crippen molar-refractivity contribution in [3.05, 3.63) is 30.1 Å². The summed E-state index contributed by atoms with van der Waals surface area (Å²) in [7, 11) is 0. The van der Waals surface area contributed by atoms with Crippen LogP contribution in [0.25, 0.3) is 0 Å². The van der Waals surface area contributed by atoms with Gasteiger partial charge in [-0.2, -0.15) is 0 Å². The maximum Gasteiger partial charge on any atom is 0.0437 e. The van der Waals surface area contributed by atoms with Gasteiger partial charge in [-0.3, -0.25) is 4.98 Å². The molecule has 0 amide bonds. The van der Waals surface area contributed by atoms with E-state index in [9.17, 15) is 0 Å². The maximum absolute atomic E-state index is 5.93. The lowest BCUT2D eigenvalue weighted by Crippen LogP contribution is -2.47. The maximum atomic E-state index is 5.93. The number of rotatable bonds is 4. The molecule has 20 heavy (non-hydrogen) atoms. The Balaban J connectivity index is 1.63. The largest absolute Gasteiger partial charge is 0.330 e. The molecule has 4 bridgehead atoms. The van der Waals surface area contributed by atoms with E-state index in [0.29, 0.717) is 5.92 Å². The van der Waals surface area contributed by atoms with Crippen molar-refractivity contribution >= 4 is 0 Å². The molecule has 4 aliphatic carbocycles. The van der Waals surface area contributed by atoms with Gasteiger partial charge in [0, 0.05) is 17.8 Å². The molecule has 0 spiro atoms. The van der Waals surface area contributed by atoms with Crippen LogP contribution >= 0.6 is 0 Å². The molecule has 2 nitrogen and oxygen atoms in total. The zero-order valence-electron chi connectivity index (χ0n) is 12.2. The summed E-state index contributed by atoms with van der Waals surface area (Å²) in [6.07, 6.45) is 10.6. The van der Waals surface area contributed by atoms with Gasteiger partial charge in [0.25, 0.3) is 0 Å². The molecule has 1 heterocycles.